The minimum Gasteiger partial charge on any atom is -0.469 e. The zero-order valence-corrected chi connectivity index (χ0v) is 26.8. The maximum atomic E-state index is 12.1. The second kappa shape index (κ2) is 17.5. The standard InChI is InChI=1S/C32H50O8Si/c1-7-8-14-20-32(38-24-33,41(4,5)6)21-19-27-26(16-11-9-10-12-17-30(35)36-3)28(39-25(2)34)23-29(27)40-31-18-13-15-22-37-31/h9,11,19,21,24,26-29,31H,7,10,12-13,15-18,20,22-23H2,1-6H3/b11-9-,21-19+/t26-,27-,28+,29-,31?,32?/m1/s1. The van der Waals surface area contributed by atoms with Crippen LogP contribution in [0.1, 0.15) is 78.1 Å². The van der Waals surface area contributed by atoms with E-state index in [4.69, 9.17) is 23.7 Å². The number of ether oxygens (including phenoxy) is 5. The van der Waals surface area contributed by atoms with Crippen molar-refractivity contribution >= 4 is 26.5 Å². The van der Waals surface area contributed by atoms with Crippen LogP contribution < -0.4 is 0 Å². The van der Waals surface area contributed by atoms with Crippen LogP contribution in [0, 0.1) is 23.7 Å². The van der Waals surface area contributed by atoms with Crippen molar-refractivity contribution < 1.29 is 38.1 Å². The van der Waals surface area contributed by atoms with Crippen LogP contribution >= 0.6 is 0 Å². The Morgan fingerprint density at radius 1 is 1.12 bits per heavy atom. The molecule has 2 unspecified atom stereocenters. The van der Waals surface area contributed by atoms with Gasteiger partial charge in [0.05, 0.1) is 13.2 Å². The van der Waals surface area contributed by atoms with Gasteiger partial charge in [-0.2, -0.15) is 0 Å². The Labute approximate surface area is 247 Å². The third kappa shape index (κ3) is 11.1. The quantitative estimate of drug-likeness (QED) is 0.0442. The van der Waals surface area contributed by atoms with Gasteiger partial charge in [-0.3, -0.25) is 14.4 Å². The summed E-state index contributed by atoms with van der Waals surface area (Å²) in [7, 11) is -0.714. The number of methoxy groups -OCH3 is 1. The molecule has 0 N–H and O–H groups in total. The predicted molar refractivity (Wildman–Crippen MR) is 160 cm³/mol. The number of carbonyl (C=O) groups excluding carboxylic acids is 3. The van der Waals surface area contributed by atoms with Gasteiger partial charge in [-0.05, 0) is 44.6 Å². The fraction of sp³-hybridized carbons (Fsp3) is 0.719. The number of hydrogen-bond donors (Lipinski definition) is 0. The minimum absolute atomic E-state index is 0.0436. The Morgan fingerprint density at radius 3 is 2.51 bits per heavy atom. The van der Waals surface area contributed by atoms with Crippen LogP contribution in [-0.4, -0.2) is 63.9 Å². The molecule has 1 heterocycles. The van der Waals surface area contributed by atoms with Crippen LogP contribution in [0.5, 0.6) is 0 Å². The fourth-order valence-corrected chi connectivity index (χ4v) is 7.13. The van der Waals surface area contributed by atoms with Gasteiger partial charge in [0.2, 0.25) is 0 Å². The Kier molecular flexibility index (Phi) is 14.9. The number of rotatable bonds is 15. The van der Waals surface area contributed by atoms with Gasteiger partial charge < -0.3 is 23.7 Å². The van der Waals surface area contributed by atoms with E-state index < -0.39 is 13.3 Å². The molecular formula is C32H50O8Si. The fourth-order valence-electron chi connectivity index (χ4n) is 5.51. The summed E-state index contributed by atoms with van der Waals surface area (Å²) in [6.45, 7) is 11.1. The summed E-state index contributed by atoms with van der Waals surface area (Å²) in [5, 5.41) is -0.809. The van der Waals surface area contributed by atoms with Crippen molar-refractivity contribution in [3.05, 3.63) is 24.3 Å². The summed E-state index contributed by atoms with van der Waals surface area (Å²) in [5.74, 6) is 5.65. The molecule has 230 valence electrons. The lowest BCUT2D eigenvalue weighted by Gasteiger charge is -2.39. The maximum Gasteiger partial charge on any atom is 0.305 e. The number of esters is 2. The largest absolute Gasteiger partial charge is 0.469 e. The summed E-state index contributed by atoms with van der Waals surface area (Å²) in [5.41, 5.74) is 0. The molecule has 0 aromatic heterocycles. The Morgan fingerprint density at radius 2 is 1.90 bits per heavy atom. The van der Waals surface area contributed by atoms with E-state index in [2.05, 4.69) is 49.7 Å². The van der Waals surface area contributed by atoms with Gasteiger partial charge >= 0.3 is 11.9 Å². The first-order valence-electron chi connectivity index (χ1n) is 15.0. The van der Waals surface area contributed by atoms with Crippen LogP contribution in [0.25, 0.3) is 0 Å². The molecule has 2 fully saturated rings. The van der Waals surface area contributed by atoms with E-state index in [-0.39, 0.29) is 42.3 Å². The second-order valence-corrected chi connectivity index (χ2v) is 17.2. The van der Waals surface area contributed by atoms with Crippen molar-refractivity contribution in [3.63, 3.8) is 0 Å². The highest BCUT2D eigenvalue weighted by Gasteiger charge is 2.47. The normalized spacial score (nSPS) is 26.2. The SMILES string of the molecule is CCC#CCC(/C=C/[C@@H]1[C@@H](C/C=C\CCCC(=O)OC)[C@@H](OC(C)=O)C[C@H]1OC1CCCCO1)(OC=O)[Si](C)(C)C. The lowest BCUT2D eigenvalue weighted by atomic mass is 9.89. The minimum atomic E-state index is -2.11. The molecule has 0 radical (unpaired) electrons. The monoisotopic (exact) mass is 590 g/mol. The lowest BCUT2D eigenvalue weighted by molar-refractivity contribution is -0.193. The molecule has 0 amide bonds. The average molecular weight is 591 g/mol. The topological polar surface area (TPSA) is 97.4 Å². The van der Waals surface area contributed by atoms with E-state index in [0.717, 1.165) is 32.1 Å². The van der Waals surface area contributed by atoms with Gasteiger partial charge in [-0.15, -0.1) is 5.92 Å². The Hall–Kier alpha value is -2.41. The van der Waals surface area contributed by atoms with Crippen molar-refractivity contribution in [2.75, 3.05) is 13.7 Å². The molecule has 0 spiro atoms. The van der Waals surface area contributed by atoms with Gasteiger partial charge in [0.1, 0.15) is 19.4 Å². The highest BCUT2D eigenvalue weighted by atomic mass is 28.3. The molecule has 1 aliphatic heterocycles. The van der Waals surface area contributed by atoms with Gasteiger partial charge in [0, 0.05) is 51.0 Å². The highest BCUT2D eigenvalue weighted by molar-refractivity contribution is 6.79. The van der Waals surface area contributed by atoms with Gasteiger partial charge in [0.25, 0.3) is 6.47 Å². The molecule has 41 heavy (non-hydrogen) atoms. The van der Waals surface area contributed by atoms with Crippen LogP contribution in [-0.2, 0) is 38.1 Å². The van der Waals surface area contributed by atoms with Crippen molar-refractivity contribution in [1.82, 2.24) is 0 Å². The first-order valence-corrected chi connectivity index (χ1v) is 18.5. The molecular weight excluding hydrogens is 540 g/mol. The number of hydrogen-bond acceptors (Lipinski definition) is 8. The van der Waals surface area contributed by atoms with Crippen molar-refractivity contribution in [2.24, 2.45) is 11.8 Å². The Bertz CT molecular complexity index is 953. The summed E-state index contributed by atoms with van der Waals surface area (Å²) < 4.78 is 28.9. The third-order valence-electron chi connectivity index (χ3n) is 7.97. The van der Waals surface area contributed by atoms with Crippen molar-refractivity contribution in [3.8, 4) is 11.8 Å². The molecule has 6 atom stereocenters. The number of unbranched alkanes of at least 4 members (excludes halogenated alkanes) is 1. The van der Waals surface area contributed by atoms with Crippen molar-refractivity contribution in [2.45, 2.75) is 121 Å². The average Bonchev–Trinajstić information content (AvgIpc) is 3.23. The number of allylic oxidation sites excluding steroid dienone is 2. The zero-order valence-electron chi connectivity index (χ0n) is 25.8. The summed E-state index contributed by atoms with van der Waals surface area (Å²) in [6.07, 6.45) is 14.6. The molecule has 2 aliphatic rings. The summed E-state index contributed by atoms with van der Waals surface area (Å²) >= 11 is 0. The highest BCUT2D eigenvalue weighted by Crippen LogP contribution is 2.42. The first kappa shape index (κ1) is 34.8. The van der Waals surface area contributed by atoms with Crippen LogP contribution in [0.4, 0.5) is 0 Å². The van der Waals surface area contributed by atoms with Gasteiger partial charge in [-0.25, -0.2) is 0 Å². The van der Waals surface area contributed by atoms with E-state index in [0.29, 0.717) is 45.2 Å². The maximum absolute atomic E-state index is 12.1. The van der Waals surface area contributed by atoms with E-state index in [9.17, 15) is 14.4 Å². The van der Waals surface area contributed by atoms with Gasteiger partial charge in [-0.1, -0.05) is 50.7 Å². The smallest absolute Gasteiger partial charge is 0.305 e. The summed E-state index contributed by atoms with van der Waals surface area (Å²) in [4.78, 5) is 35.3. The Balaban J connectivity index is 2.40. The van der Waals surface area contributed by atoms with E-state index in [1.54, 1.807) is 0 Å². The molecule has 1 saturated heterocycles. The molecule has 0 aromatic rings. The van der Waals surface area contributed by atoms with Crippen molar-refractivity contribution in [1.29, 1.82) is 0 Å². The molecule has 8 nitrogen and oxygen atoms in total. The molecule has 1 saturated carbocycles. The van der Waals surface area contributed by atoms with Gasteiger partial charge in [0.15, 0.2) is 6.29 Å². The van der Waals surface area contributed by atoms with E-state index in [1.165, 1.54) is 14.0 Å². The third-order valence-corrected chi connectivity index (χ3v) is 11.0. The molecule has 9 heteroatoms. The van der Waals surface area contributed by atoms with Crippen LogP contribution in [0.15, 0.2) is 24.3 Å². The first-order chi connectivity index (χ1) is 19.6. The molecule has 2 rings (SSSR count). The molecule has 0 aromatic carbocycles. The lowest BCUT2D eigenvalue weighted by Crippen LogP contribution is -2.52. The predicted octanol–water partition coefficient (Wildman–Crippen LogP) is 5.90. The second-order valence-electron chi connectivity index (χ2n) is 11.9. The van der Waals surface area contributed by atoms with E-state index in [1.807, 2.05) is 13.0 Å². The number of carbonyl (C=O) groups is 3. The molecule has 0 bridgehead atoms. The summed E-state index contributed by atoms with van der Waals surface area (Å²) in [6, 6.07) is 0. The van der Waals surface area contributed by atoms with Crippen LogP contribution in [0.3, 0.4) is 0 Å². The zero-order chi connectivity index (χ0) is 30.3. The van der Waals surface area contributed by atoms with Crippen LogP contribution in [0.2, 0.25) is 19.6 Å². The molecule has 1 aliphatic carbocycles. The van der Waals surface area contributed by atoms with E-state index >= 15 is 0 Å².